The Morgan fingerprint density at radius 1 is 0.958 bits per heavy atom. The van der Waals surface area contributed by atoms with Crippen molar-refractivity contribution in [1.82, 2.24) is 10.6 Å². The molecule has 2 atom stereocenters. The van der Waals surface area contributed by atoms with Crippen molar-refractivity contribution in [3.05, 3.63) is 0 Å². The number of carboxylic acids is 1. The van der Waals surface area contributed by atoms with Gasteiger partial charge in [0.25, 0.3) is 0 Å². The molecular formula is C18H34N2O4. The highest BCUT2D eigenvalue weighted by Crippen LogP contribution is 2.08. The van der Waals surface area contributed by atoms with Crippen LogP contribution >= 0.6 is 0 Å². The highest BCUT2D eigenvalue weighted by molar-refractivity contribution is 5.81. The first kappa shape index (κ1) is 22.6. The average molecular weight is 342 g/mol. The molecule has 0 aromatic rings. The number of carboxylic acid groups (broad SMARTS) is 1. The Bertz CT molecular complexity index is 396. The highest BCUT2D eigenvalue weighted by Gasteiger charge is 2.17. The number of hydrogen-bond acceptors (Lipinski definition) is 4. The second-order valence-electron chi connectivity index (χ2n) is 6.76. The van der Waals surface area contributed by atoms with Gasteiger partial charge in [0.1, 0.15) is 5.78 Å². The normalized spacial score (nSPS) is 13.5. The number of aliphatic carboxylic acids is 1. The number of hydrogen-bond donors (Lipinski definition) is 3. The summed E-state index contributed by atoms with van der Waals surface area (Å²) in [5.74, 6) is -0.444. The Balaban J connectivity index is 4.22. The van der Waals surface area contributed by atoms with Gasteiger partial charge in [-0.25, -0.2) is 0 Å². The monoisotopic (exact) mass is 342 g/mol. The highest BCUT2D eigenvalue weighted by atomic mass is 16.4. The van der Waals surface area contributed by atoms with E-state index in [1.807, 2.05) is 6.92 Å². The van der Waals surface area contributed by atoms with Gasteiger partial charge in [0.2, 0.25) is 5.91 Å². The van der Waals surface area contributed by atoms with Crippen molar-refractivity contribution in [3.63, 3.8) is 0 Å². The van der Waals surface area contributed by atoms with Gasteiger partial charge in [-0.2, -0.15) is 0 Å². The molecule has 0 fully saturated rings. The number of Topliss-reactive ketones (excluding diaryl/α,β-unsaturated/α-hetero) is 1. The largest absolute Gasteiger partial charge is 0.481 e. The molecule has 0 aromatic heterocycles. The second-order valence-corrected chi connectivity index (χ2v) is 6.76. The zero-order valence-corrected chi connectivity index (χ0v) is 15.6. The molecule has 0 aromatic carbocycles. The summed E-state index contributed by atoms with van der Waals surface area (Å²) >= 11 is 0. The van der Waals surface area contributed by atoms with Crippen molar-refractivity contribution in [2.24, 2.45) is 5.92 Å². The molecule has 6 nitrogen and oxygen atoms in total. The molecule has 2 unspecified atom stereocenters. The number of carbonyl (C=O) groups is 3. The summed E-state index contributed by atoms with van der Waals surface area (Å²) in [7, 11) is 0. The van der Waals surface area contributed by atoms with Crippen LogP contribution in [0.3, 0.4) is 0 Å². The topological polar surface area (TPSA) is 95.5 Å². The molecule has 0 radical (unpaired) electrons. The van der Waals surface area contributed by atoms with Crippen molar-refractivity contribution in [3.8, 4) is 0 Å². The molecule has 0 spiro atoms. The van der Waals surface area contributed by atoms with Gasteiger partial charge in [-0.15, -0.1) is 0 Å². The van der Waals surface area contributed by atoms with Gasteiger partial charge in [0.15, 0.2) is 0 Å². The van der Waals surface area contributed by atoms with Crippen LogP contribution < -0.4 is 10.6 Å². The molecule has 6 heteroatoms. The smallest absolute Gasteiger partial charge is 0.303 e. The van der Waals surface area contributed by atoms with Gasteiger partial charge in [-0.05, 0) is 31.6 Å². The van der Waals surface area contributed by atoms with Crippen LogP contribution in [0, 0.1) is 5.92 Å². The van der Waals surface area contributed by atoms with Crippen molar-refractivity contribution in [1.29, 1.82) is 0 Å². The maximum absolute atomic E-state index is 11.9. The molecule has 0 rings (SSSR count). The Morgan fingerprint density at radius 3 is 2.08 bits per heavy atom. The van der Waals surface area contributed by atoms with Crippen LogP contribution in [0.5, 0.6) is 0 Å². The third kappa shape index (κ3) is 12.0. The lowest BCUT2D eigenvalue weighted by molar-refractivity contribution is -0.139. The first-order valence-corrected chi connectivity index (χ1v) is 9.04. The van der Waals surface area contributed by atoms with Gasteiger partial charge in [0.05, 0.1) is 13.0 Å². The summed E-state index contributed by atoms with van der Waals surface area (Å²) in [6.07, 6.45) is 3.76. The van der Waals surface area contributed by atoms with E-state index in [1.54, 1.807) is 0 Å². The van der Waals surface area contributed by atoms with Crippen LogP contribution in [0.2, 0.25) is 0 Å². The Morgan fingerprint density at radius 2 is 1.58 bits per heavy atom. The van der Waals surface area contributed by atoms with Crippen molar-refractivity contribution in [2.75, 3.05) is 6.54 Å². The predicted molar refractivity (Wildman–Crippen MR) is 94.9 cm³/mol. The molecule has 0 saturated carbocycles. The zero-order valence-electron chi connectivity index (χ0n) is 15.6. The third-order valence-corrected chi connectivity index (χ3v) is 4.07. The lowest BCUT2D eigenvalue weighted by Gasteiger charge is -2.23. The lowest BCUT2D eigenvalue weighted by atomic mass is 10.0. The summed E-state index contributed by atoms with van der Waals surface area (Å²) in [6.45, 7) is 8.62. The van der Waals surface area contributed by atoms with E-state index in [0.29, 0.717) is 18.9 Å². The first-order chi connectivity index (χ1) is 11.3. The lowest BCUT2D eigenvalue weighted by Crippen LogP contribution is -2.42. The fourth-order valence-electron chi connectivity index (χ4n) is 2.38. The first-order valence-electron chi connectivity index (χ1n) is 9.04. The quantitative estimate of drug-likeness (QED) is 0.451. The Kier molecular flexibility index (Phi) is 12.2. The minimum atomic E-state index is -0.966. The molecule has 0 aliphatic rings. The van der Waals surface area contributed by atoms with Gasteiger partial charge in [-0.3, -0.25) is 14.4 Å². The van der Waals surface area contributed by atoms with Gasteiger partial charge < -0.3 is 15.7 Å². The molecule has 140 valence electrons. The van der Waals surface area contributed by atoms with Crippen LogP contribution in [0.1, 0.15) is 72.6 Å². The number of nitrogens with one attached hydrogen (secondary N) is 2. The van der Waals surface area contributed by atoms with E-state index in [1.165, 1.54) is 0 Å². The van der Waals surface area contributed by atoms with Crippen LogP contribution in [-0.2, 0) is 14.4 Å². The summed E-state index contributed by atoms with van der Waals surface area (Å²) in [5.41, 5.74) is 0. The fourth-order valence-corrected chi connectivity index (χ4v) is 2.38. The van der Waals surface area contributed by atoms with Crippen LogP contribution in [0.4, 0.5) is 0 Å². The molecule has 0 heterocycles. The Hall–Kier alpha value is -1.43. The maximum atomic E-state index is 11.9. The average Bonchev–Trinajstić information content (AvgIpc) is 2.53. The summed E-state index contributed by atoms with van der Waals surface area (Å²) in [6, 6.07) is 0.159. The summed E-state index contributed by atoms with van der Waals surface area (Å²) in [4.78, 5) is 34.1. The predicted octanol–water partition coefficient (Wildman–Crippen LogP) is 2.51. The number of carbonyl (C=O) groups excluding carboxylic acids is 2. The van der Waals surface area contributed by atoms with Crippen LogP contribution in [-0.4, -0.2) is 41.4 Å². The van der Waals surface area contributed by atoms with E-state index in [-0.39, 0.29) is 36.6 Å². The Labute approximate surface area is 145 Å². The van der Waals surface area contributed by atoms with E-state index < -0.39 is 5.97 Å². The molecule has 0 aliphatic heterocycles. The van der Waals surface area contributed by atoms with E-state index in [9.17, 15) is 14.4 Å². The van der Waals surface area contributed by atoms with Crippen LogP contribution in [0.15, 0.2) is 0 Å². The molecule has 24 heavy (non-hydrogen) atoms. The van der Waals surface area contributed by atoms with Crippen molar-refractivity contribution in [2.45, 2.75) is 84.7 Å². The van der Waals surface area contributed by atoms with E-state index >= 15 is 0 Å². The molecule has 3 N–H and O–H groups in total. The maximum Gasteiger partial charge on any atom is 0.303 e. The minimum absolute atomic E-state index is 0.00371. The van der Waals surface area contributed by atoms with Gasteiger partial charge in [0, 0.05) is 24.9 Å². The van der Waals surface area contributed by atoms with E-state index in [2.05, 4.69) is 31.4 Å². The standard InChI is InChI=1S/C18H34N2O4/c1-5-14(19-12-16(21)8-7-13(3)4)11-15(6-2)20-17(22)9-10-18(23)24/h13-15,19H,5-12H2,1-4H3,(H,20,22)(H,23,24). The van der Waals surface area contributed by atoms with E-state index in [4.69, 9.17) is 5.11 Å². The third-order valence-electron chi connectivity index (χ3n) is 4.07. The van der Waals surface area contributed by atoms with Gasteiger partial charge >= 0.3 is 5.97 Å². The number of amides is 1. The SMILES string of the molecule is CCC(CC(CC)NC(=O)CCC(=O)O)NCC(=O)CCC(C)C. The molecular weight excluding hydrogens is 308 g/mol. The summed E-state index contributed by atoms with van der Waals surface area (Å²) in [5, 5.41) is 14.8. The molecule has 0 bridgehead atoms. The molecule has 0 aliphatic carbocycles. The molecule has 0 saturated heterocycles. The zero-order chi connectivity index (χ0) is 18.5. The number of ketones is 1. The minimum Gasteiger partial charge on any atom is -0.481 e. The fraction of sp³-hybridized carbons (Fsp3) is 0.833. The number of rotatable bonds is 14. The van der Waals surface area contributed by atoms with Crippen molar-refractivity contribution >= 4 is 17.7 Å². The van der Waals surface area contributed by atoms with Crippen LogP contribution in [0.25, 0.3) is 0 Å². The van der Waals surface area contributed by atoms with Gasteiger partial charge in [-0.1, -0.05) is 27.7 Å². The molecule has 1 amide bonds. The van der Waals surface area contributed by atoms with Crippen molar-refractivity contribution < 1.29 is 19.5 Å². The second kappa shape index (κ2) is 12.9. The van der Waals surface area contributed by atoms with E-state index in [0.717, 1.165) is 25.7 Å². The summed E-state index contributed by atoms with van der Waals surface area (Å²) < 4.78 is 0.